The normalized spacial score (nSPS) is 41.6. The van der Waals surface area contributed by atoms with Crippen molar-refractivity contribution in [3.63, 3.8) is 0 Å². The summed E-state index contributed by atoms with van der Waals surface area (Å²) >= 11 is 5.91. The van der Waals surface area contributed by atoms with E-state index in [1.165, 1.54) is 19.3 Å². The number of hydrogen-bond donors (Lipinski definition) is 0. The number of hydrogen-bond acceptors (Lipinski definition) is 2. The molecule has 2 aliphatic carbocycles. The topological polar surface area (TPSA) is 29.5 Å². The van der Waals surface area contributed by atoms with Crippen LogP contribution in [0, 0.1) is 17.8 Å². The summed E-state index contributed by atoms with van der Waals surface area (Å²) in [5, 5.41) is 0. The third-order valence-corrected chi connectivity index (χ3v) is 5.00. The minimum absolute atomic E-state index is 0.0158. The lowest BCUT2D eigenvalue weighted by Gasteiger charge is -2.42. The molecule has 3 fully saturated rings. The van der Waals surface area contributed by atoms with Crippen LogP contribution in [0.3, 0.4) is 0 Å². The molecule has 1 aliphatic heterocycles. The highest BCUT2D eigenvalue weighted by molar-refractivity contribution is 6.18. The van der Waals surface area contributed by atoms with Gasteiger partial charge < -0.3 is 9.64 Å². The number of fused-ring (bicyclic) bond motifs is 1. The molecule has 0 N–H and O–H groups in total. The summed E-state index contributed by atoms with van der Waals surface area (Å²) in [6.45, 7) is 5.45. The average Bonchev–Trinajstić information content (AvgIpc) is 2.78. The van der Waals surface area contributed by atoms with Crippen LogP contribution >= 0.6 is 11.6 Å². The van der Waals surface area contributed by atoms with Gasteiger partial charge in [0.1, 0.15) is 0 Å². The molecule has 3 nitrogen and oxygen atoms in total. The van der Waals surface area contributed by atoms with Crippen LogP contribution in [0.4, 0.5) is 0 Å². The van der Waals surface area contributed by atoms with Crippen molar-refractivity contribution in [1.82, 2.24) is 4.90 Å². The van der Waals surface area contributed by atoms with Crippen LogP contribution in [0.1, 0.15) is 33.1 Å². The Morgan fingerprint density at radius 2 is 2.06 bits per heavy atom. The van der Waals surface area contributed by atoms with Crippen LogP contribution in [0.2, 0.25) is 0 Å². The summed E-state index contributed by atoms with van der Waals surface area (Å²) in [6, 6.07) is 0. The first-order chi connectivity index (χ1) is 8.52. The molecule has 102 valence electrons. The highest BCUT2D eigenvalue weighted by Gasteiger charge is 2.58. The van der Waals surface area contributed by atoms with Gasteiger partial charge in [0.15, 0.2) is 0 Å². The van der Waals surface area contributed by atoms with E-state index in [1.54, 1.807) is 0 Å². The van der Waals surface area contributed by atoms with Crippen LogP contribution in [0.5, 0.6) is 0 Å². The number of amides is 1. The molecule has 4 heteroatoms. The molecule has 0 spiro atoms. The number of alkyl halides is 1. The quantitative estimate of drug-likeness (QED) is 0.721. The van der Waals surface area contributed by atoms with Gasteiger partial charge in [0.2, 0.25) is 5.91 Å². The second-order valence-electron chi connectivity index (χ2n) is 6.66. The maximum Gasteiger partial charge on any atom is 0.226 e. The number of nitrogens with zero attached hydrogens (tertiary/aromatic N) is 1. The van der Waals surface area contributed by atoms with Gasteiger partial charge in [-0.2, -0.15) is 0 Å². The molecular weight excluding hydrogens is 250 g/mol. The van der Waals surface area contributed by atoms with Crippen molar-refractivity contribution in [3.8, 4) is 0 Å². The van der Waals surface area contributed by atoms with E-state index in [2.05, 4.69) is 0 Å². The zero-order chi connectivity index (χ0) is 12.9. The minimum atomic E-state index is -0.266. The van der Waals surface area contributed by atoms with Gasteiger partial charge in [0.05, 0.1) is 17.6 Å². The van der Waals surface area contributed by atoms with Gasteiger partial charge in [0.25, 0.3) is 0 Å². The molecule has 0 bridgehead atoms. The van der Waals surface area contributed by atoms with E-state index in [-0.39, 0.29) is 11.7 Å². The molecule has 1 heterocycles. The first kappa shape index (κ1) is 12.7. The van der Waals surface area contributed by atoms with E-state index in [0.29, 0.717) is 42.6 Å². The molecule has 2 saturated carbocycles. The van der Waals surface area contributed by atoms with Crippen molar-refractivity contribution < 1.29 is 9.53 Å². The molecule has 0 radical (unpaired) electrons. The molecule has 0 aromatic heterocycles. The maximum atomic E-state index is 12.6. The zero-order valence-electron chi connectivity index (χ0n) is 11.2. The van der Waals surface area contributed by atoms with E-state index in [0.717, 1.165) is 0 Å². The van der Waals surface area contributed by atoms with Gasteiger partial charge in [-0.1, -0.05) is 6.42 Å². The van der Waals surface area contributed by atoms with Crippen molar-refractivity contribution in [1.29, 1.82) is 0 Å². The van der Waals surface area contributed by atoms with Gasteiger partial charge >= 0.3 is 0 Å². The van der Waals surface area contributed by atoms with E-state index >= 15 is 0 Å². The summed E-state index contributed by atoms with van der Waals surface area (Å²) in [5.41, 5.74) is -0.266. The third kappa shape index (κ3) is 2.16. The van der Waals surface area contributed by atoms with Gasteiger partial charge in [-0.25, -0.2) is 0 Å². The smallest absolute Gasteiger partial charge is 0.226 e. The number of halogens is 1. The lowest BCUT2D eigenvalue weighted by molar-refractivity contribution is -0.159. The molecule has 3 atom stereocenters. The molecule has 3 rings (SSSR count). The van der Waals surface area contributed by atoms with Crippen LogP contribution in [0.15, 0.2) is 0 Å². The Bertz CT molecular complexity index is 348. The minimum Gasteiger partial charge on any atom is -0.367 e. The summed E-state index contributed by atoms with van der Waals surface area (Å²) < 4.78 is 5.87. The SMILES string of the molecule is CC1(C)CN(C(=O)C2C3CCCC32)CC(CCl)O1. The van der Waals surface area contributed by atoms with Crippen LogP contribution in [0.25, 0.3) is 0 Å². The Morgan fingerprint density at radius 3 is 2.67 bits per heavy atom. The van der Waals surface area contributed by atoms with E-state index in [9.17, 15) is 4.79 Å². The first-order valence-electron chi connectivity index (χ1n) is 7.04. The maximum absolute atomic E-state index is 12.6. The summed E-state index contributed by atoms with van der Waals surface area (Å²) in [5.74, 6) is 2.53. The third-order valence-electron chi connectivity index (χ3n) is 4.66. The molecule has 3 unspecified atom stereocenters. The summed E-state index contributed by atoms with van der Waals surface area (Å²) in [4.78, 5) is 14.6. The molecule has 1 saturated heterocycles. The van der Waals surface area contributed by atoms with Crippen molar-refractivity contribution in [2.24, 2.45) is 17.8 Å². The second kappa shape index (κ2) is 4.38. The molecular formula is C14H22ClNO2. The Labute approximate surface area is 114 Å². The fraction of sp³-hybridized carbons (Fsp3) is 0.929. The number of morpholine rings is 1. The van der Waals surface area contributed by atoms with Crippen molar-refractivity contribution in [3.05, 3.63) is 0 Å². The highest BCUT2D eigenvalue weighted by atomic mass is 35.5. The molecule has 1 amide bonds. The zero-order valence-corrected chi connectivity index (χ0v) is 11.9. The van der Waals surface area contributed by atoms with Gasteiger partial charge in [-0.3, -0.25) is 4.79 Å². The average molecular weight is 272 g/mol. The van der Waals surface area contributed by atoms with E-state index in [1.807, 2.05) is 18.7 Å². The van der Waals surface area contributed by atoms with E-state index < -0.39 is 0 Å². The van der Waals surface area contributed by atoms with Crippen molar-refractivity contribution in [2.75, 3.05) is 19.0 Å². The fourth-order valence-electron chi connectivity index (χ4n) is 3.94. The lowest BCUT2D eigenvalue weighted by Crippen LogP contribution is -2.55. The Morgan fingerprint density at radius 1 is 1.39 bits per heavy atom. The van der Waals surface area contributed by atoms with Crippen LogP contribution in [-0.4, -0.2) is 41.5 Å². The van der Waals surface area contributed by atoms with Gasteiger partial charge in [-0.05, 0) is 38.5 Å². The van der Waals surface area contributed by atoms with E-state index in [4.69, 9.17) is 16.3 Å². The van der Waals surface area contributed by atoms with Gasteiger partial charge in [-0.15, -0.1) is 11.6 Å². The standard InChI is InChI=1S/C14H22ClNO2/c1-14(2)8-16(7-9(6-15)18-14)13(17)12-10-4-3-5-11(10)12/h9-12H,3-8H2,1-2H3. The lowest BCUT2D eigenvalue weighted by atomic mass is 10.0. The predicted octanol–water partition coefficient (Wildman–Crippen LogP) is 2.28. The molecule has 18 heavy (non-hydrogen) atoms. The molecule has 0 aromatic carbocycles. The predicted molar refractivity (Wildman–Crippen MR) is 70.6 cm³/mol. The Kier molecular flexibility index (Phi) is 3.10. The highest BCUT2D eigenvalue weighted by Crippen LogP contribution is 2.58. The first-order valence-corrected chi connectivity index (χ1v) is 7.58. The summed E-state index contributed by atoms with van der Waals surface area (Å²) in [6.07, 6.45) is 3.82. The number of carbonyl (C=O) groups is 1. The Hall–Kier alpha value is -0.280. The molecule has 0 aromatic rings. The molecule has 3 aliphatic rings. The van der Waals surface area contributed by atoms with Crippen molar-refractivity contribution in [2.45, 2.75) is 44.8 Å². The number of ether oxygens (including phenoxy) is 1. The number of rotatable bonds is 2. The Balaban J connectivity index is 1.66. The van der Waals surface area contributed by atoms with Crippen LogP contribution < -0.4 is 0 Å². The monoisotopic (exact) mass is 271 g/mol. The second-order valence-corrected chi connectivity index (χ2v) is 6.97. The fourth-order valence-corrected chi connectivity index (χ4v) is 4.10. The number of carbonyl (C=O) groups excluding carboxylic acids is 1. The van der Waals surface area contributed by atoms with Crippen LogP contribution in [-0.2, 0) is 9.53 Å². The summed E-state index contributed by atoms with van der Waals surface area (Å²) in [7, 11) is 0. The van der Waals surface area contributed by atoms with Crippen molar-refractivity contribution >= 4 is 17.5 Å². The van der Waals surface area contributed by atoms with Gasteiger partial charge in [0, 0.05) is 19.0 Å². The largest absolute Gasteiger partial charge is 0.367 e.